The number of piperidine rings is 1. The van der Waals surface area contributed by atoms with Gasteiger partial charge in [-0.25, -0.2) is 4.99 Å². The fourth-order valence-corrected chi connectivity index (χ4v) is 3.02. The lowest BCUT2D eigenvalue weighted by Crippen LogP contribution is -2.47. The van der Waals surface area contributed by atoms with Crippen LogP contribution in [0.5, 0.6) is 5.75 Å². The third kappa shape index (κ3) is 5.89. The lowest BCUT2D eigenvalue weighted by atomic mass is 10.1. The number of aryl methyl sites for hydroxylation is 1. The van der Waals surface area contributed by atoms with Gasteiger partial charge in [-0.2, -0.15) is 5.10 Å². The molecule has 1 fully saturated rings. The van der Waals surface area contributed by atoms with Gasteiger partial charge in [0, 0.05) is 51.3 Å². The van der Waals surface area contributed by atoms with Crippen LogP contribution in [0.1, 0.15) is 25.3 Å². The van der Waals surface area contributed by atoms with Gasteiger partial charge in [-0.15, -0.1) is 24.0 Å². The van der Waals surface area contributed by atoms with E-state index in [-0.39, 0.29) is 30.1 Å². The highest BCUT2D eigenvalue weighted by Gasteiger charge is 2.22. The van der Waals surface area contributed by atoms with Crippen LogP contribution in [0.3, 0.4) is 0 Å². The first kappa shape index (κ1) is 20.5. The number of benzene rings is 1. The second-order valence-corrected chi connectivity index (χ2v) is 6.31. The van der Waals surface area contributed by atoms with Gasteiger partial charge in [0.05, 0.1) is 12.7 Å². The monoisotopic (exact) mass is 469 g/mol. The molecule has 0 spiro atoms. The predicted octanol–water partition coefficient (Wildman–Crippen LogP) is 3.05. The van der Waals surface area contributed by atoms with E-state index < -0.39 is 0 Å². The van der Waals surface area contributed by atoms with Crippen molar-refractivity contribution in [2.75, 3.05) is 19.6 Å². The highest BCUT2D eigenvalue weighted by Crippen LogP contribution is 2.18. The summed E-state index contributed by atoms with van der Waals surface area (Å²) in [6.07, 6.45) is 6.16. The molecule has 0 bridgehead atoms. The van der Waals surface area contributed by atoms with E-state index in [1.165, 1.54) is 0 Å². The van der Waals surface area contributed by atoms with Gasteiger partial charge in [-0.3, -0.25) is 4.68 Å². The first-order valence-corrected chi connectivity index (χ1v) is 8.97. The van der Waals surface area contributed by atoms with E-state index in [4.69, 9.17) is 9.73 Å². The molecule has 0 atom stereocenters. The molecular formula is C19H28IN5O. The Hall–Kier alpha value is -1.77. The summed E-state index contributed by atoms with van der Waals surface area (Å²) in [6.45, 7) is 5.53. The largest absolute Gasteiger partial charge is 0.490 e. The number of hydrogen-bond acceptors (Lipinski definition) is 3. The van der Waals surface area contributed by atoms with Crippen molar-refractivity contribution in [3.63, 3.8) is 0 Å². The molecule has 7 heteroatoms. The van der Waals surface area contributed by atoms with Crippen molar-refractivity contribution in [1.29, 1.82) is 0 Å². The number of guanidine groups is 1. The molecule has 2 heterocycles. The van der Waals surface area contributed by atoms with E-state index >= 15 is 0 Å². The summed E-state index contributed by atoms with van der Waals surface area (Å²) >= 11 is 0. The van der Waals surface area contributed by atoms with Gasteiger partial charge in [0.15, 0.2) is 5.96 Å². The summed E-state index contributed by atoms with van der Waals surface area (Å²) < 4.78 is 7.89. The molecule has 6 nitrogen and oxygen atoms in total. The average molecular weight is 469 g/mol. The van der Waals surface area contributed by atoms with Crippen molar-refractivity contribution in [2.45, 2.75) is 32.4 Å². The van der Waals surface area contributed by atoms with Crippen LogP contribution in [0.25, 0.3) is 0 Å². The molecule has 1 aliphatic rings. The minimum atomic E-state index is 0. The van der Waals surface area contributed by atoms with Crippen LogP contribution in [-0.2, 0) is 13.6 Å². The molecule has 1 N–H and O–H groups in total. The van der Waals surface area contributed by atoms with Crippen LogP contribution < -0.4 is 10.1 Å². The summed E-state index contributed by atoms with van der Waals surface area (Å²) in [5.41, 5.74) is 1.13. The molecule has 26 heavy (non-hydrogen) atoms. The fraction of sp³-hybridized carbons (Fsp3) is 0.474. The first-order valence-electron chi connectivity index (χ1n) is 8.97. The van der Waals surface area contributed by atoms with E-state index in [1.807, 2.05) is 54.5 Å². The number of rotatable bonds is 5. The molecule has 2 aromatic rings. The molecule has 0 unspecified atom stereocenters. The molecule has 1 aliphatic heterocycles. The Morgan fingerprint density at radius 1 is 1.27 bits per heavy atom. The van der Waals surface area contributed by atoms with Gasteiger partial charge in [0.1, 0.15) is 11.9 Å². The van der Waals surface area contributed by atoms with Crippen LogP contribution in [0.4, 0.5) is 0 Å². The standard InChI is InChI=1S/C19H27N5O.HI/c1-3-20-19(21-13-16-14-22-23(2)15-16)24-11-9-18(10-12-24)25-17-7-5-4-6-8-17;/h4-8,14-15,18H,3,9-13H2,1-2H3,(H,20,21);1H. The summed E-state index contributed by atoms with van der Waals surface area (Å²) in [4.78, 5) is 7.09. The van der Waals surface area contributed by atoms with Crippen LogP contribution in [0.15, 0.2) is 47.7 Å². The average Bonchev–Trinajstić information content (AvgIpc) is 3.06. The van der Waals surface area contributed by atoms with E-state index in [1.54, 1.807) is 0 Å². The van der Waals surface area contributed by atoms with Crippen molar-refractivity contribution >= 4 is 29.9 Å². The number of nitrogens with one attached hydrogen (secondary N) is 1. The highest BCUT2D eigenvalue weighted by atomic mass is 127. The van der Waals surface area contributed by atoms with Gasteiger partial charge in [-0.1, -0.05) is 18.2 Å². The lowest BCUT2D eigenvalue weighted by Gasteiger charge is -2.34. The Morgan fingerprint density at radius 2 is 2.00 bits per heavy atom. The topological polar surface area (TPSA) is 54.7 Å². The molecular weight excluding hydrogens is 441 g/mol. The number of nitrogens with zero attached hydrogens (tertiary/aromatic N) is 4. The zero-order valence-electron chi connectivity index (χ0n) is 15.5. The maximum Gasteiger partial charge on any atom is 0.194 e. The number of para-hydroxylation sites is 1. The van der Waals surface area contributed by atoms with Gasteiger partial charge in [0.25, 0.3) is 0 Å². The molecule has 1 saturated heterocycles. The van der Waals surface area contributed by atoms with Crippen molar-refractivity contribution in [3.05, 3.63) is 48.3 Å². The maximum absolute atomic E-state index is 6.08. The minimum Gasteiger partial charge on any atom is -0.490 e. The zero-order chi connectivity index (χ0) is 17.5. The summed E-state index contributed by atoms with van der Waals surface area (Å²) in [6, 6.07) is 10.1. The first-order chi connectivity index (χ1) is 12.2. The Bertz CT molecular complexity index is 680. The normalized spacial score (nSPS) is 15.5. The number of aromatic nitrogens is 2. The van der Waals surface area contributed by atoms with Crippen molar-refractivity contribution < 1.29 is 4.74 Å². The Kier molecular flexibility index (Phi) is 8.21. The van der Waals surface area contributed by atoms with Crippen LogP contribution in [-0.4, -0.2) is 46.4 Å². The van der Waals surface area contributed by atoms with E-state index in [0.29, 0.717) is 6.54 Å². The number of likely N-dealkylation sites (tertiary alicyclic amines) is 1. The molecule has 0 aliphatic carbocycles. The Labute approximate surface area is 172 Å². The van der Waals surface area contributed by atoms with Gasteiger partial charge >= 0.3 is 0 Å². The summed E-state index contributed by atoms with van der Waals surface area (Å²) in [5, 5.41) is 7.60. The summed E-state index contributed by atoms with van der Waals surface area (Å²) in [7, 11) is 1.93. The third-order valence-electron chi connectivity index (χ3n) is 4.29. The van der Waals surface area contributed by atoms with Crippen LogP contribution in [0.2, 0.25) is 0 Å². The van der Waals surface area contributed by atoms with Crippen molar-refractivity contribution in [1.82, 2.24) is 20.0 Å². The number of ether oxygens (including phenoxy) is 1. The fourth-order valence-electron chi connectivity index (χ4n) is 3.02. The molecule has 1 aromatic heterocycles. The van der Waals surface area contributed by atoms with Gasteiger partial charge < -0.3 is 15.0 Å². The number of halogens is 1. The van der Waals surface area contributed by atoms with E-state index in [0.717, 1.165) is 49.7 Å². The van der Waals surface area contributed by atoms with Gasteiger partial charge in [-0.05, 0) is 19.1 Å². The SMILES string of the molecule is CCNC(=NCc1cnn(C)c1)N1CCC(Oc2ccccc2)CC1.I. The molecule has 3 rings (SSSR count). The van der Waals surface area contributed by atoms with Crippen molar-refractivity contribution in [3.8, 4) is 5.75 Å². The van der Waals surface area contributed by atoms with E-state index in [9.17, 15) is 0 Å². The maximum atomic E-state index is 6.08. The molecule has 142 valence electrons. The zero-order valence-corrected chi connectivity index (χ0v) is 17.8. The highest BCUT2D eigenvalue weighted by molar-refractivity contribution is 14.0. The second-order valence-electron chi connectivity index (χ2n) is 6.31. The molecule has 1 aromatic carbocycles. The summed E-state index contributed by atoms with van der Waals surface area (Å²) in [5.74, 6) is 1.93. The van der Waals surface area contributed by atoms with E-state index in [2.05, 4.69) is 22.2 Å². The Balaban J connectivity index is 0.00000243. The van der Waals surface area contributed by atoms with Crippen molar-refractivity contribution in [2.24, 2.45) is 12.0 Å². The molecule has 0 amide bonds. The molecule has 0 radical (unpaired) electrons. The minimum absolute atomic E-state index is 0. The molecule has 0 saturated carbocycles. The van der Waals surface area contributed by atoms with Crippen LogP contribution >= 0.6 is 24.0 Å². The number of hydrogen-bond donors (Lipinski definition) is 1. The van der Waals surface area contributed by atoms with Gasteiger partial charge in [0.2, 0.25) is 0 Å². The lowest BCUT2D eigenvalue weighted by molar-refractivity contribution is 0.129. The smallest absolute Gasteiger partial charge is 0.194 e. The third-order valence-corrected chi connectivity index (χ3v) is 4.29. The van der Waals surface area contributed by atoms with Crippen LogP contribution in [0, 0.1) is 0 Å². The second kappa shape index (κ2) is 10.4. The number of aliphatic imine (C=N–C) groups is 1. The predicted molar refractivity (Wildman–Crippen MR) is 115 cm³/mol. The quantitative estimate of drug-likeness (QED) is 0.416. The Morgan fingerprint density at radius 3 is 2.62 bits per heavy atom.